The van der Waals surface area contributed by atoms with E-state index in [2.05, 4.69) is 25.6 Å². The summed E-state index contributed by atoms with van der Waals surface area (Å²) >= 11 is 6.27. The Morgan fingerprint density at radius 1 is 1.30 bits per heavy atom. The van der Waals surface area contributed by atoms with Crippen LogP contribution in [0.25, 0.3) is 11.4 Å². The van der Waals surface area contributed by atoms with Crippen LogP contribution in [0.4, 0.5) is 23.7 Å². The molecule has 13 heteroatoms. The zero-order chi connectivity index (χ0) is 23.5. The molecule has 2 aromatic heterocycles. The Morgan fingerprint density at radius 3 is 2.73 bits per heavy atom. The van der Waals surface area contributed by atoms with Crippen molar-refractivity contribution in [2.75, 3.05) is 5.32 Å². The molecule has 3 heterocycles. The first kappa shape index (κ1) is 21.7. The monoisotopic (exact) mass is 481 g/mol. The number of likely N-dealkylation sites (tertiary alicyclic amines) is 1. The Balaban J connectivity index is 1.44. The first-order valence-electron chi connectivity index (χ1n) is 10.2. The number of nitrogens with zero attached hydrogens (tertiary/aromatic N) is 6. The van der Waals surface area contributed by atoms with Crippen molar-refractivity contribution >= 4 is 23.3 Å². The number of alkyl halides is 3. The van der Waals surface area contributed by atoms with Crippen molar-refractivity contribution in [2.24, 2.45) is 13.0 Å². The van der Waals surface area contributed by atoms with Gasteiger partial charge in [-0.15, -0.1) is 10.2 Å². The number of benzene rings is 1. The summed E-state index contributed by atoms with van der Waals surface area (Å²) in [6.07, 6.45) is -3.02. The number of carbonyl (C=O) groups is 1. The van der Waals surface area contributed by atoms with Crippen LogP contribution in [0, 0.1) is 12.8 Å². The quantitative estimate of drug-likeness (QED) is 0.598. The zero-order valence-corrected chi connectivity index (χ0v) is 18.4. The Kier molecular flexibility index (Phi) is 4.89. The summed E-state index contributed by atoms with van der Waals surface area (Å²) in [7, 11) is 1.71. The number of urea groups is 1. The third-order valence-corrected chi connectivity index (χ3v) is 6.53. The van der Waals surface area contributed by atoms with Crippen molar-refractivity contribution in [3.05, 3.63) is 41.3 Å². The summed E-state index contributed by atoms with van der Waals surface area (Å²) in [6.45, 7) is 1.55. The fraction of sp³-hybridized carbons (Fsp3) is 0.450. The number of rotatable bonds is 3. The lowest BCUT2D eigenvalue weighted by Gasteiger charge is -2.61. The number of fused-ring (bicyclic) bond motifs is 2. The molecule has 9 nitrogen and oxygen atoms in total. The van der Waals surface area contributed by atoms with Gasteiger partial charge in [0.05, 0.1) is 10.9 Å². The number of hydrogen-bond acceptors (Lipinski definition) is 6. The minimum Gasteiger partial charge on any atom is -0.423 e. The van der Waals surface area contributed by atoms with Crippen LogP contribution in [0.15, 0.2) is 28.9 Å². The van der Waals surface area contributed by atoms with E-state index in [1.165, 1.54) is 15.9 Å². The number of carbonyl (C=O) groups excluding carboxylic acids is 1. The highest BCUT2D eigenvalue weighted by Crippen LogP contribution is 2.58. The molecule has 174 valence electrons. The van der Waals surface area contributed by atoms with Gasteiger partial charge in [-0.05, 0) is 31.0 Å². The predicted octanol–water partition coefficient (Wildman–Crippen LogP) is 4.30. The molecule has 1 saturated heterocycles. The molecule has 0 radical (unpaired) electrons. The van der Waals surface area contributed by atoms with Crippen molar-refractivity contribution in [2.45, 2.75) is 43.9 Å². The van der Waals surface area contributed by atoms with E-state index in [4.69, 9.17) is 16.0 Å². The fourth-order valence-electron chi connectivity index (χ4n) is 4.80. The maximum Gasteiger partial charge on any atom is 0.392 e. The van der Waals surface area contributed by atoms with Gasteiger partial charge in [0, 0.05) is 37.7 Å². The molecule has 1 aromatic carbocycles. The Labute approximate surface area is 190 Å². The molecular weight excluding hydrogens is 463 g/mol. The molecule has 2 aliphatic rings. The molecule has 2 amide bonds. The van der Waals surface area contributed by atoms with E-state index in [-0.39, 0.29) is 24.6 Å². The first-order valence-corrected chi connectivity index (χ1v) is 10.6. The molecule has 1 aliphatic heterocycles. The summed E-state index contributed by atoms with van der Waals surface area (Å²) in [6, 6.07) is 3.67. The Bertz CT molecular complexity index is 1230. The Hall–Kier alpha value is -3.15. The van der Waals surface area contributed by atoms with E-state index in [0.717, 1.165) is 0 Å². The van der Waals surface area contributed by atoms with Gasteiger partial charge in [-0.1, -0.05) is 11.6 Å². The molecule has 1 N–H and O–H groups in total. The predicted molar refractivity (Wildman–Crippen MR) is 110 cm³/mol. The Morgan fingerprint density at radius 2 is 2.09 bits per heavy atom. The van der Waals surface area contributed by atoms with Gasteiger partial charge in [0.1, 0.15) is 11.9 Å². The minimum atomic E-state index is -4.37. The molecule has 0 spiro atoms. The third kappa shape index (κ3) is 3.62. The van der Waals surface area contributed by atoms with Crippen LogP contribution < -0.4 is 5.32 Å². The number of amides is 2. The van der Waals surface area contributed by atoms with E-state index in [1.54, 1.807) is 32.2 Å². The lowest BCUT2D eigenvalue weighted by molar-refractivity contribution is -0.229. The molecule has 3 atom stereocenters. The summed E-state index contributed by atoms with van der Waals surface area (Å²) in [4.78, 5) is 18.8. The van der Waals surface area contributed by atoms with Crippen LogP contribution in [-0.4, -0.2) is 48.1 Å². The van der Waals surface area contributed by atoms with E-state index >= 15 is 0 Å². The van der Waals surface area contributed by atoms with Crippen molar-refractivity contribution in [3.8, 4) is 11.4 Å². The van der Waals surface area contributed by atoms with Gasteiger partial charge in [0.25, 0.3) is 0 Å². The number of piperidine rings is 1. The molecule has 2 fully saturated rings. The minimum absolute atomic E-state index is 0.0230. The maximum atomic E-state index is 13.5. The van der Waals surface area contributed by atoms with Crippen LogP contribution >= 0.6 is 11.6 Å². The maximum absolute atomic E-state index is 13.5. The standard InChI is InChI=1S/C20H19ClF3N7O2/c1-10-27-28-17(33-10)19-7-11(20(22,23)24)5-13(8-19)31(19)18(32)26-12-3-4-15(21)14(6-12)16-25-9-30(2)29-16/h3-4,6,9,11,13H,5,7-8H2,1-2H3,(H,26,32)/t11-,13-,19+/m0/s1. The van der Waals surface area contributed by atoms with Gasteiger partial charge < -0.3 is 14.6 Å². The molecule has 3 aromatic rings. The van der Waals surface area contributed by atoms with Gasteiger partial charge in [-0.25, -0.2) is 9.78 Å². The highest BCUT2D eigenvalue weighted by atomic mass is 35.5. The second kappa shape index (κ2) is 7.44. The highest BCUT2D eigenvalue weighted by molar-refractivity contribution is 6.33. The number of aromatic nitrogens is 5. The first-order chi connectivity index (χ1) is 15.6. The number of aryl methyl sites for hydroxylation is 2. The topological polar surface area (TPSA) is 102 Å². The van der Waals surface area contributed by atoms with E-state index in [9.17, 15) is 18.0 Å². The molecular formula is C20H19ClF3N7O2. The summed E-state index contributed by atoms with van der Waals surface area (Å²) < 4.78 is 47.6. The van der Waals surface area contributed by atoms with Gasteiger partial charge in [-0.3, -0.25) is 4.68 Å². The van der Waals surface area contributed by atoms with Gasteiger partial charge in [0.2, 0.25) is 11.8 Å². The fourth-order valence-corrected chi connectivity index (χ4v) is 5.00. The zero-order valence-electron chi connectivity index (χ0n) is 17.6. The number of hydrogen-bond donors (Lipinski definition) is 1. The van der Waals surface area contributed by atoms with Crippen molar-refractivity contribution < 1.29 is 22.4 Å². The molecule has 33 heavy (non-hydrogen) atoms. The van der Waals surface area contributed by atoms with Crippen LogP contribution in [0.2, 0.25) is 5.02 Å². The lowest BCUT2D eigenvalue weighted by atomic mass is 9.63. The average molecular weight is 482 g/mol. The second-order valence-electron chi connectivity index (χ2n) is 8.43. The summed E-state index contributed by atoms with van der Waals surface area (Å²) in [5.74, 6) is -0.924. The molecule has 1 aliphatic carbocycles. The molecule has 2 bridgehead atoms. The summed E-state index contributed by atoms with van der Waals surface area (Å²) in [5, 5.41) is 15.1. The molecule has 0 unspecified atom stereocenters. The van der Waals surface area contributed by atoms with Crippen molar-refractivity contribution in [1.82, 2.24) is 29.9 Å². The van der Waals surface area contributed by atoms with Crippen LogP contribution in [-0.2, 0) is 12.6 Å². The lowest BCUT2D eigenvalue weighted by Crippen LogP contribution is -2.71. The number of halogens is 4. The summed E-state index contributed by atoms with van der Waals surface area (Å²) in [5.41, 5.74) is -0.383. The van der Waals surface area contributed by atoms with Crippen LogP contribution in [0.3, 0.4) is 0 Å². The third-order valence-electron chi connectivity index (χ3n) is 6.20. The number of anilines is 1. The molecule has 5 rings (SSSR count). The normalized spacial score (nSPS) is 24.5. The van der Waals surface area contributed by atoms with Crippen LogP contribution in [0.5, 0.6) is 0 Å². The number of nitrogens with one attached hydrogen (secondary N) is 1. The second-order valence-corrected chi connectivity index (χ2v) is 8.84. The van der Waals surface area contributed by atoms with E-state index in [0.29, 0.717) is 28.5 Å². The van der Waals surface area contributed by atoms with Crippen LogP contribution in [0.1, 0.15) is 31.0 Å². The largest absolute Gasteiger partial charge is 0.423 e. The highest BCUT2D eigenvalue weighted by Gasteiger charge is 2.66. The van der Waals surface area contributed by atoms with Crippen molar-refractivity contribution in [1.29, 1.82) is 0 Å². The van der Waals surface area contributed by atoms with E-state index < -0.39 is 29.7 Å². The molecule has 1 saturated carbocycles. The van der Waals surface area contributed by atoms with Crippen molar-refractivity contribution in [3.63, 3.8) is 0 Å². The van der Waals surface area contributed by atoms with Gasteiger partial charge in [-0.2, -0.15) is 18.3 Å². The van der Waals surface area contributed by atoms with E-state index in [1.807, 2.05) is 0 Å². The van der Waals surface area contributed by atoms with Gasteiger partial charge >= 0.3 is 12.2 Å². The van der Waals surface area contributed by atoms with Gasteiger partial charge in [0.15, 0.2) is 5.82 Å². The average Bonchev–Trinajstić information content (AvgIpc) is 3.37. The SMILES string of the molecule is Cc1nnc([C@]23C[C@H](C[C@H](C(F)(F)F)C2)N3C(=O)Nc2ccc(Cl)c(-c3ncn(C)n3)c2)o1. The smallest absolute Gasteiger partial charge is 0.392 e.